The second kappa shape index (κ2) is 6.99. The van der Waals surface area contributed by atoms with E-state index in [1.54, 1.807) is 13.0 Å². The van der Waals surface area contributed by atoms with Gasteiger partial charge in [0, 0.05) is 11.7 Å². The highest BCUT2D eigenvalue weighted by molar-refractivity contribution is 5.94. The Balaban J connectivity index is 1.94. The van der Waals surface area contributed by atoms with Crippen LogP contribution in [-0.4, -0.2) is 11.9 Å². The lowest BCUT2D eigenvalue weighted by Crippen LogP contribution is -2.39. The molecule has 2 unspecified atom stereocenters. The van der Waals surface area contributed by atoms with Gasteiger partial charge in [0.15, 0.2) is 0 Å². The fourth-order valence-electron chi connectivity index (χ4n) is 2.09. The molecule has 2 atom stereocenters. The number of hydrogen-bond acceptors (Lipinski definition) is 2. The van der Waals surface area contributed by atoms with E-state index in [4.69, 9.17) is 0 Å². The van der Waals surface area contributed by atoms with Crippen LogP contribution in [0, 0.1) is 5.82 Å². The van der Waals surface area contributed by atoms with Crippen molar-refractivity contribution < 1.29 is 9.18 Å². The van der Waals surface area contributed by atoms with Gasteiger partial charge in [0.05, 0.1) is 6.04 Å². The Labute approximate surface area is 124 Å². The lowest BCUT2D eigenvalue weighted by molar-refractivity contribution is -0.117. The summed E-state index contributed by atoms with van der Waals surface area (Å²) in [5.41, 5.74) is 1.57. The average Bonchev–Trinajstić information content (AvgIpc) is 2.48. The molecule has 4 heteroatoms. The first-order chi connectivity index (χ1) is 10.1. The van der Waals surface area contributed by atoms with Gasteiger partial charge in [-0.15, -0.1) is 0 Å². The van der Waals surface area contributed by atoms with Gasteiger partial charge in [0.2, 0.25) is 5.91 Å². The molecule has 0 saturated carbocycles. The van der Waals surface area contributed by atoms with Gasteiger partial charge in [-0.1, -0.05) is 30.3 Å². The van der Waals surface area contributed by atoms with Crippen molar-refractivity contribution in [2.24, 2.45) is 0 Å². The zero-order valence-corrected chi connectivity index (χ0v) is 12.1. The largest absolute Gasteiger partial charge is 0.325 e. The zero-order chi connectivity index (χ0) is 15.2. The van der Waals surface area contributed by atoms with Gasteiger partial charge in [-0.2, -0.15) is 0 Å². The van der Waals surface area contributed by atoms with Crippen molar-refractivity contribution in [3.63, 3.8) is 0 Å². The maximum absolute atomic E-state index is 13.2. The summed E-state index contributed by atoms with van der Waals surface area (Å²) in [7, 11) is 0. The van der Waals surface area contributed by atoms with Crippen LogP contribution in [0.2, 0.25) is 0 Å². The second-order valence-electron chi connectivity index (χ2n) is 5.02. The molecule has 2 aromatic rings. The highest BCUT2D eigenvalue weighted by Crippen LogP contribution is 2.14. The number of anilines is 1. The Morgan fingerprint density at radius 2 is 1.76 bits per heavy atom. The van der Waals surface area contributed by atoms with Crippen LogP contribution in [0.15, 0.2) is 54.6 Å². The third kappa shape index (κ3) is 4.39. The van der Waals surface area contributed by atoms with E-state index in [9.17, 15) is 9.18 Å². The van der Waals surface area contributed by atoms with E-state index in [0.29, 0.717) is 0 Å². The topological polar surface area (TPSA) is 41.1 Å². The molecule has 21 heavy (non-hydrogen) atoms. The Morgan fingerprint density at radius 1 is 1.05 bits per heavy atom. The number of rotatable bonds is 5. The highest BCUT2D eigenvalue weighted by atomic mass is 19.1. The zero-order valence-electron chi connectivity index (χ0n) is 12.1. The molecular weight excluding hydrogens is 267 g/mol. The summed E-state index contributed by atoms with van der Waals surface area (Å²) in [4.78, 5) is 12.1. The van der Waals surface area contributed by atoms with Crippen LogP contribution in [0.4, 0.5) is 10.1 Å². The number of halogens is 1. The Bertz CT molecular complexity index is 601. The van der Waals surface area contributed by atoms with Gasteiger partial charge in [-0.3, -0.25) is 10.1 Å². The summed E-state index contributed by atoms with van der Waals surface area (Å²) >= 11 is 0. The average molecular weight is 286 g/mol. The minimum atomic E-state index is -0.386. The van der Waals surface area contributed by atoms with Gasteiger partial charge < -0.3 is 5.32 Å². The normalized spacial score (nSPS) is 13.5. The first-order valence-corrected chi connectivity index (χ1v) is 6.93. The molecule has 0 fully saturated rings. The van der Waals surface area contributed by atoms with Crippen molar-refractivity contribution in [3.05, 3.63) is 66.0 Å². The molecule has 0 aromatic heterocycles. The van der Waals surface area contributed by atoms with Crippen LogP contribution in [-0.2, 0) is 4.79 Å². The molecule has 110 valence electrons. The molecule has 0 bridgehead atoms. The molecule has 0 radical (unpaired) electrons. The van der Waals surface area contributed by atoms with Crippen molar-refractivity contribution in [3.8, 4) is 0 Å². The van der Waals surface area contributed by atoms with Crippen molar-refractivity contribution in [1.29, 1.82) is 0 Å². The van der Waals surface area contributed by atoms with E-state index in [0.717, 1.165) is 11.3 Å². The molecule has 2 aromatic carbocycles. The first kappa shape index (κ1) is 15.2. The summed E-state index contributed by atoms with van der Waals surface area (Å²) in [5, 5.41) is 6.00. The van der Waals surface area contributed by atoms with Crippen molar-refractivity contribution in [2.75, 3.05) is 5.32 Å². The minimum Gasteiger partial charge on any atom is -0.325 e. The first-order valence-electron chi connectivity index (χ1n) is 6.93. The van der Waals surface area contributed by atoms with Crippen LogP contribution in [0.3, 0.4) is 0 Å². The number of nitrogens with one attached hydrogen (secondary N) is 2. The molecular formula is C17H19FN2O. The number of carbonyl (C=O) groups excluding carboxylic acids is 1. The number of para-hydroxylation sites is 1. The van der Waals surface area contributed by atoms with Gasteiger partial charge in [-0.05, 0) is 43.7 Å². The maximum atomic E-state index is 13.2. The van der Waals surface area contributed by atoms with E-state index in [1.165, 1.54) is 12.1 Å². The third-order valence-electron chi connectivity index (χ3n) is 3.28. The van der Waals surface area contributed by atoms with Gasteiger partial charge >= 0.3 is 0 Å². The lowest BCUT2D eigenvalue weighted by atomic mass is 10.1. The number of amides is 1. The van der Waals surface area contributed by atoms with Crippen molar-refractivity contribution >= 4 is 11.6 Å². The van der Waals surface area contributed by atoms with Gasteiger partial charge in [0.25, 0.3) is 0 Å². The van der Waals surface area contributed by atoms with Crippen LogP contribution >= 0.6 is 0 Å². The predicted molar refractivity (Wildman–Crippen MR) is 82.5 cm³/mol. The predicted octanol–water partition coefficient (Wildman–Crippen LogP) is 3.50. The second-order valence-corrected chi connectivity index (χ2v) is 5.02. The van der Waals surface area contributed by atoms with Crippen molar-refractivity contribution in [1.82, 2.24) is 5.32 Å². The van der Waals surface area contributed by atoms with Crippen LogP contribution in [0.25, 0.3) is 0 Å². The fraction of sp³-hybridized carbons (Fsp3) is 0.235. The van der Waals surface area contributed by atoms with Gasteiger partial charge in [0.1, 0.15) is 5.82 Å². The molecule has 3 nitrogen and oxygen atoms in total. The van der Waals surface area contributed by atoms with Crippen molar-refractivity contribution in [2.45, 2.75) is 25.9 Å². The summed E-state index contributed by atoms with van der Waals surface area (Å²) < 4.78 is 13.2. The summed E-state index contributed by atoms with van der Waals surface area (Å²) in [6.07, 6.45) is 0. The minimum absolute atomic E-state index is 0.114. The molecule has 2 rings (SSSR count). The number of carbonyl (C=O) groups is 1. The molecule has 0 spiro atoms. The Kier molecular flexibility index (Phi) is 5.06. The van der Waals surface area contributed by atoms with Crippen LogP contribution < -0.4 is 10.6 Å². The Hall–Kier alpha value is -2.20. The summed E-state index contributed by atoms with van der Waals surface area (Å²) in [6.45, 7) is 3.69. The SMILES string of the molecule is CC(NC(C)c1cccc(F)c1)C(=O)Nc1ccccc1. The van der Waals surface area contributed by atoms with E-state index in [-0.39, 0.29) is 23.8 Å². The molecule has 0 aliphatic heterocycles. The molecule has 2 N–H and O–H groups in total. The lowest BCUT2D eigenvalue weighted by Gasteiger charge is -2.20. The quantitative estimate of drug-likeness (QED) is 0.883. The van der Waals surface area contributed by atoms with Crippen LogP contribution in [0.5, 0.6) is 0 Å². The maximum Gasteiger partial charge on any atom is 0.241 e. The molecule has 0 heterocycles. The standard InChI is InChI=1S/C17H19FN2O/c1-12(14-7-6-8-15(18)11-14)19-13(2)17(21)20-16-9-4-3-5-10-16/h3-13,19H,1-2H3,(H,20,21). The third-order valence-corrected chi connectivity index (χ3v) is 3.28. The van der Waals surface area contributed by atoms with Gasteiger partial charge in [-0.25, -0.2) is 4.39 Å². The summed E-state index contributed by atoms with van der Waals surface area (Å²) in [6, 6.07) is 15.2. The van der Waals surface area contributed by atoms with Crippen LogP contribution in [0.1, 0.15) is 25.5 Å². The number of benzene rings is 2. The summed E-state index contributed by atoms with van der Waals surface area (Å²) in [5.74, 6) is -0.396. The molecule has 0 aliphatic carbocycles. The van der Waals surface area contributed by atoms with E-state index >= 15 is 0 Å². The number of hydrogen-bond donors (Lipinski definition) is 2. The Morgan fingerprint density at radius 3 is 2.43 bits per heavy atom. The molecule has 0 aliphatic rings. The van der Waals surface area contributed by atoms with E-state index in [2.05, 4.69) is 10.6 Å². The van der Waals surface area contributed by atoms with E-state index in [1.807, 2.05) is 43.3 Å². The monoisotopic (exact) mass is 286 g/mol. The van der Waals surface area contributed by atoms with E-state index < -0.39 is 0 Å². The molecule has 0 saturated heterocycles. The highest BCUT2D eigenvalue weighted by Gasteiger charge is 2.16. The fourth-order valence-corrected chi connectivity index (χ4v) is 2.09. The smallest absolute Gasteiger partial charge is 0.241 e. The molecule has 1 amide bonds.